The van der Waals surface area contributed by atoms with E-state index in [4.69, 9.17) is 23.0 Å². The Morgan fingerprint density at radius 1 is 1.17 bits per heavy atom. The largest absolute Gasteiger partial charge is 0.474 e. The highest BCUT2D eigenvalue weighted by molar-refractivity contribution is 7.48. The fourth-order valence-electron chi connectivity index (χ4n) is 2.89. The van der Waals surface area contributed by atoms with Crippen molar-refractivity contribution in [3.63, 3.8) is 0 Å². The van der Waals surface area contributed by atoms with Gasteiger partial charge in [-0.1, -0.05) is 13.8 Å². The van der Waals surface area contributed by atoms with Crippen molar-refractivity contribution in [2.24, 2.45) is 0 Å². The van der Waals surface area contributed by atoms with Crippen LogP contribution in [-0.4, -0.2) is 48.2 Å². The van der Waals surface area contributed by atoms with Crippen LogP contribution in [0.4, 0.5) is 0 Å². The van der Waals surface area contributed by atoms with Crippen molar-refractivity contribution in [2.45, 2.75) is 65.4 Å². The van der Waals surface area contributed by atoms with E-state index in [1.807, 2.05) is 20.8 Å². The van der Waals surface area contributed by atoms with E-state index in [-0.39, 0.29) is 25.9 Å². The van der Waals surface area contributed by atoms with Crippen LogP contribution in [0.1, 0.15) is 51.8 Å². The molecule has 2 rings (SSSR count). The maximum atomic E-state index is 12.8. The summed E-state index contributed by atoms with van der Waals surface area (Å²) >= 11 is 0. The number of phosphoric ester groups is 1. The van der Waals surface area contributed by atoms with Gasteiger partial charge in [-0.15, -0.1) is 0 Å². The first kappa shape index (κ1) is 24.0. The number of ether oxygens (including phenoxy) is 2. The third-order valence-corrected chi connectivity index (χ3v) is 5.78. The molecule has 0 spiro atoms. The Bertz CT molecular complexity index is 796. The summed E-state index contributed by atoms with van der Waals surface area (Å²) in [6, 6.07) is 0. The van der Waals surface area contributed by atoms with Crippen LogP contribution in [0, 0.1) is 6.92 Å². The van der Waals surface area contributed by atoms with Crippen LogP contribution in [0.2, 0.25) is 0 Å². The molecule has 0 aromatic carbocycles. The number of hydrogen-bond acceptors (Lipinski definition) is 8. The highest BCUT2D eigenvalue weighted by atomic mass is 31.2. The second-order valence-electron chi connectivity index (χ2n) is 6.75. The summed E-state index contributed by atoms with van der Waals surface area (Å²) in [5.41, 5.74) is -0.607. The second kappa shape index (κ2) is 11.2. The quantitative estimate of drug-likeness (QED) is 0.499. The molecule has 2 heterocycles. The first-order valence-corrected chi connectivity index (χ1v) is 11.4. The lowest BCUT2D eigenvalue weighted by atomic mass is 10.2. The molecule has 1 aliphatic heterocycles. The Balaban J connectivity index is 2.12. The number of hydrogen-bond donors (Lipinski definition) is 1. The number of nitrogens with one attached hydrogen (secondary N) is 1. The maximum Gasteiger partial charge on any atom is 0.474 e. The Hall–Kier alpha value is -1.29. The van der Waals surface area contributed by atoms with Crippen LogP contribution in [-0.2, 0) is 27.6 Å². The molecule has 29 heavy (non-hydrogen) atoms. The third kappa shape index (κ3) is 6.60. The summed E-state index contributed by atoms with van der Waals surface area (Å²) in [6.07, 6.45) is 1.57. The number of nitrogens with zero attached hydrogens (tertiary/aromatic N) is 1. The summed E-state index contributed by atoms with van der Waals surface area (Å²) in [5.74, 6) is 0. The van der Waals surface area contributed by atoms with Gasteiger partial charge in [0.2, 0.25) is 0 Å². The van der Waals surface area contributed by atoms with Crippen molar-refractivity contribution in [1.82, 2.24) is 9.55 Å². The number of rotatable bonds is 12. The standard InChI is InChI=1S/C18H31N2O8P/c1-5-8-25-29(23,26-9-6-2)27-12-15-14(24-7-3)10-16(28-15)20-11-13(4)17(21)19-18(20)22/h11,14-16H,5-10,12H2,1-4H3,(H,19,21,22)/t14-,15+,16+/m0/s1. The highest BCUT2D eigenvalue weighted by Gasteiger charge is 2.39. The van der Waals surface area contributed by atoms with Crippen LogP contribution in [0.3, 0.4) is 0 Å². The Morgan fingerprint density at radius 3 is 2.41 bits per heavy atom. The zero-order valence-electron chi connectivity index (χ0n) is 17.4. The van der Waals surface area contributed by atoms with E-state index in [9.17, 15) is 14.2 Å². The molecule has 0 amide bonds. The average Bonchev–Trinajstić information content (AvgIpc) is 3.09. The second-order valence-corrected chi connectivity index (χ2v) is 8.42. The summed E-state index contributed by atoms with van der Waals surface area (Å²) in [6.45, 7) is 8.09. The summed E-state index contributed by atoms with van der Waals surface area (Å²) in [5, 5.41) is 0. The van der Waals surface area contributed by atoms with Gasteiger partial charge in [0.15, 0.2) is 0 Å². The van der Waals surface area contributed by atoms with E-state index in [0.29, 0.717) is 31.4 Å². The topological polar surface area (TPSA) is 118 Å². The molecule has 1 saturated heterocycles. The number of aryl methyl sites for hydroxylation is 1. The Morgan fingerprint density at radius 2 is 1.83 bits per heavy atom. The molecule has 0 unspecified atom stereocenters. The van der Waals surface area contributed by atoms with Gasteiger partial charge in [0.25, 0.3) is 5.56 Å². The van der Waals surface area contributed by atoms with E-state index in [1.165, 1.54) is 10.8 Å². The van der Waals surface area contributed by atoms with Crippen molar-refractivity contribution in [2.75, 3.05) is 26.4 Å². The van der Waals surface area contributed by atoms with Gasteiger partial charge in [-0.25, -0.2) is 9.36 Å². The van der Waals surface area contributed by atoms with Crippen LogP contribution in [0.25, 0.3) is 0 Å². The molecule has 0 aliphatic carbocycles. The Kier molecular flexibility index (Phi) is 9.26. The van der Waals surface area contributed by atoms with Crippen LogP contribution < -0.4 is 11.2 Å². The first-order valence-electron chi connectivity index (χ1n) is 9.96. The molecule has 1 aromatic rings. The van der Waals surface area contributed by atoms with Crippen LogP contribution in [0.5, 0.6) is 0 Å². The van der Waals surface area contributed by atoms with Gasteiger partial charge in [-0.3, -0.25) is 27.9 Å². The van der Waals surface area contributed by atoms with E-state index >= 15 is 0 Å². The van der Waals surface area contributed by atoms with Gasteiger partial charge in [0.1, 0.15) is 12.3 Å². The molecule has 11 heteroatoms. The van der Waals surface area contributed by atoms with Gasteiger partial charge in [-0.05, 0) is 26.7 Å². The monoisotopic (exact) mass is 434 g/mol. The molecule has 1 aliphatic rings. The molecule has 1 fully saturated rings. The number of H-pyrrole nitrogens is 1. The molecule has 0 saturated carbocycles. The fourth-order valence-corrected chi connectivity index (χ4v) is 4.26. The lowest BCUT2D eigenvalue weighted by Gasteiger charge is -2.22. The van der Waals surface area contributed by atoms with Gasteiger partial charge >= 0.3 is 13.5 Å². The SMILES string of the molecule is CCCOP(=O)(OCCC)OC[C@H]1O[C@@H](n2cc(C)c(=O)[nH]c2=O)C[C@@H]1OCC. The van der Waals surface area contributed by atoms with Gasteiger partial charge < -0.3 is 9.47 Å². The molecule has 166 valence electrons. The fraction of sp³-hybridized carbons (Fsp3) is 0.778. The van der Waals surface area contributed by atoms with E-state index < -0.39 is 31.4 Å². The highest BCUT2D eigenvalue weighted by Crippen LogP contribution is 2.50. The van der Waals surface area contributed by atoms with Gasteiger partial charge in [0, 0.05) is 24.8 Å². The minimum absolute atomic E-state index is 0.0804. The number of phosphoric acid groups is 1. The van der Waals surface area contributed by atoms with Crippen molar-refractivity contribution in [3.05, 3.63) is 32.6 Å². The van der Waals surface area contributed by atoms with Crippen LogP contribution >= 0.6 is 7.82 Å². The minimum Gasteiger partial charge on any atom is -0.376 e. The minimum atomic E-state index is -3.72. The predicted octanol–water partition coefficient (Wildman–Crippen LogP) is 2.52. The van der Waals surface area contributed by atoms with Crippen molar-refractivity contribution < 1.29 is 27.6 Å². The summed E-state index contributed by atoms with van der Waals surface area (Å²) in [4.78, 5) is 26.0. The lowest BCUT2D eigenvalue weighted by Crippen LogP contribution is -2.33. The number of aromatic nitrogens is 2. The zero-order valence-corrected chi connectivity index (χ0v) is 18.3. The summed E-state index contributed by atoms with van der Waals surface area (Å²) < 4.78 is 41.9. The van der Waals surface area contributed by atoms with Crippen LogP contribution in [0.15, 0.2) is 15.8 Å². The first-order chi connectivity index (χ1) is 13.8. The average molecular weight is 434 g/mol. The Labute approximate surface area is 170 Å². The smallest absolute Gasteiger partial charge is 0.376 e. The molecule has 10 nitrogen and oxygen atoms in total. The molecule has 0 bridgehead atoms. The molecular weight excluding hydrogens is 403 g/mol. The van der Waals surface area contributed by atoms with Gasteiger partial charge in [-0.2, -0.15) is 0 Å². The number of aromatic amines is 1. The molecule has 1 N–H and O–H groups in total. The lowest BCUT2D eigenvalue weighted by molar-refractivity contribution is -0.0618. The molecular formula is C18H31N2O8P. The van der Waals surface area contributed by atoms with Crippen molar-refractivity contribution in [1.29, 1.82) is 0 Å². The normalized spacial score (nSPS) is 22.3. The maximum absolute atomic E-state index is 12.8. The third-order valence-electron chi connectivity index (χ3n) is 4.32. The van der Waals surface area contributed by atoms with Crippen molar-refractivity contribution >= 4 is 7.82 Å². The molecule has 1 aromatic heterocycles. The summed E-state index contributed by atoms with van der Waals surface area (Å²) in [7, 11) is -3.72. The van der Waals surface area contributed by atoms with E-state index in [1.54, 1.807) is 6.92 Å². The zero-order chi connectivity index (χ0) is 21.4. The van der Waals surface area contributed by atoms with Crippen molar-refractivity contribution in [3.8, 4) is 0 Å². The molecule has 3 atom stereocenters. The molecule has 0 radical (unpaired) electrons. The van der Waals surface area contributed by atoms with E-state index in [0.717, 1.165) is 0 Å². The predicted molar refractivity (Wildman–Crippen MR) is 106 cm³/mol. The van der Waals surface area contributed by atoms with Gasteiger partial charge in [0.05, 0.1) is 25.9 Å². The van der Waals surface area contributed by atoms with E-state index in [2.05, 4.69) is 4.98 Å².